The van der Waals surface area contributed by atoms with Crippen LogP contribution >= 0.6 is 0 Å². The monoisotopic (exact) mass is 236 g/mol. The Bertz CT molecular complexity index is 429. The molecule has 2 heterocycles. The van der Waals surface area contributed by atoms with E-state index in [1.54, 1.807) is 12.4 Å². The first-order valence-corrected chi connectivity index (χ1v) is 4.98. The molecule has 1 aromatic heterocycles. The molecule has 0 aromatic carbocycles. The van der Waals surface area contributed by atoms with Crippen LogP contribution in [0.2, 0.25) is 0 Å². The molecule has 0 fully saturated rings. The summed E-state index contributed by atoms with van der Waals surface area (Å²) in [5, 5.41) is 15.8. The van der Waals surface area contributed by atoms with Crippen LogP contribution in [0.5, 0.6) is 0 Å². The smallest absolute Gasteiger partial charge is 0.303 e. The van der Waals surface area contributed by atoms with E-state index in [0.717, 1.165) is 12.1 Å². The number of rotatable bonds is 3. The number of aliphatic carboxylic acids is 2. The molecule has 0 amide bonds. The number of aliphatic imine (C=N–C) groups is 1. The van der Waals surface area contributed by atoms with Gasteiger partial charge in [0.15, 0.2) is 0 Å². The van der Waals surface area contributed by atoms with Gasteiger partial charge < -0.3 is 10.2 Å². The Labute approximate surface area is 97.6 Å². The molecular formula is C11H12N2O4. The molecule has 2 N–H and O–H groups in total. The second-order valence-corrected chi connectivity index (χ2v) is 3.31. The van der Waals surface area contributed by atoms with Crippen molar-refractivity contribution in [2.45, 2.75) is 19.3 Å². The molecule has 0 radical (unpaired) electrons. The van der Waals surface area contributed by atoms with E-state index in [-0.39, 0.29) is 12.8 Å². The molecule has 0 saturated carbocycles. The summed E-state index contributed by atoms with van der Waals surface area (Å²) in [5.74, 6) is -2.15. The van der Waals surface area contributed by atoms with Gasteiger partial charge in [-0.05, 0) is 11.6 Å². The van der Waals surface area contributed by atoms with Gasteiger partial charge in [0.05, 0.1) is 24.7 Å². The van der Waals surface area contributed by atoms with Crippen LogP contribution in [-0.2, 0) is 16.0 Å². The summed E-state index contributed by atoms with van der Waals surface area (Å²) < 4.78 is 0. The van der Waals surface area contributed by atoms with Gasteiger partial charge in [-0.1, -0.05) is 0 Å². The molecule has 0 spiro atoms. The molecule has 1 aliphatic heterocycles. The standard InChI is InChI=1S/C7H6N2.C4H6O4/c1-3-8-5-7-6(1)2-4-9-7;5-3(6)1-2-4(7)8/h1,3-5H,2H2;1-2H2,(H,5,6)(H,7,8). The Balaban J connectivity index is 0.000000172. The van der Waals surface area contributed by atoms with Gasteiger partial charge in [-0.2, -0.15) is 0 Å². The number of carbonyl (C=O) groups is 2. The van der Waals surface area contributed by atoms with Gasteiger partial charge >= 0.3 is 11.9 Å². The maximum absolute atomic E-state index is 9.64. The van der Waals surface area contributed by atoms with Gasteiger partial charge in [-0.25, -0.2) is 0 Å². The van der Waals surface area contributed by atoms with E-state index in [1.165, 1.54) is 5.56 Å². The molecule has 6 heteroatoms. The molecule has 17 heavy (non-hydrogen) atoms. The third-order valence-corrected chi connectivity index (χ3v) is 1.98. The molecule has 0 bridgehead atoms. The number of carboxylic acid groups (broad SMARTS) is 2. The third kappa shape index (κ3) is 4.87. The van der Waals surface area contributed by atoms with Crippen molar-refractivity contribution < 1.29 is 19.8 Å². The average Bonchev–Trinajstić information content (AvgIpc) is 2.75. The number of carboxylic acids is 2. The summed E-state index contributed by atoms with van der Waals surface area (Å²) in [6, 6.07) is 2.00. The molecule has 1 aromatic rings. The molecule has 0 unspecified atom stereocenters. The van der Waals surface area contributed by atoms with Crippen molar-refractivity contribution in [1.29, 1.82) is 0 Å². The Morgan fingerprint density at radius 3 is 2.41 bits per heavy atom. The fourth-order valence-electron chi connectivity index (χ4n) is 1.16. The van der Waals surface area contributed by atoms with Crippen molar-refractivity contribution in [3.63, 3.8) is 0 Å². The summed E-state index contributed by atoms with van der Waals surface area (Å²) in [4.78, 5) is 27.3. The topological polar surface area (TPSA) is 99.9 Å². The van der Waals surface area contributed by atoms with Crippen molar-refractivity contribution in [2.75, 3.05) is 0 Å². The highest BCUT2D eigenvalue weighted by Gasteiger charge is 2.02. The lowest BCUT2D eigenvalue weighted by molar-refractivity contribution is -0.143. The largest absolute Gasteiger partial charge is 0.481 e. The minimum Gasteiger partial charge on any atom is -0.481 e. The minimum absolute atomic E-state index is 0.296. The van der Waals surface area contributed by atoms with E-state index in [9.17, 15) is 9.59 Å². The fourth-order valence-corrected chi connectivity index (χ4v) is 1.16. The van der Waals surface area contributed by atoms with Gasteiger partial charge in [0.2, 0.25) is 0 Å². The average molecular weight is 236 g/mol. The second-order valence-electron chi connectivity index (χ2n) is 3.31. The summed E-state index contributed by atoms with van der Waals surface area (Å²) in [5.41, 5.74) is 2.31. The van der Waals surface area contributed by atoms with Crippen LogP contribution in [0.25, 0.3) is 0 Å². The molecule has 2 rings (SSSR count). The Morgan fingerprint density at radius 1 is 1.24 bits per heavy atom. The number of hydrogen-bond acceptors (Lipinski definition) is 4. The molecule has 0 saturated heterocycles. The Hall–Kier alpha value is -2.24. The van der Waals surface area contributed by atoms with E-state index in [0.29, 0.717) is 0 Å². The van der Waals surface area contributed by atoms with Gasteiger partial charge in [0, 0.05) is 18.8 Å². The van der Waals surface area contributed by atoms with Crippen molar-refractivity contribution in [3.05, 3.63) is 24.0 Å². The fraction of sp³-hybridized carbons (Fsp3) is 0.273. The zero-order valence-corrected chi connectivity index (χ0v) is 9.04. The van der Waals surface area contributed by atoms with E-state index >= 15 is 0 Å². The van der Waals surface area contributed by atoms with E-state index in [2.05, 4.69) is 9.98 Å². The van der Waals surface area contributed by atoms with Crippen LogP contribution in [0.1, 0.15) is 18.4 Å². The van der Waals surface area contributed by atoms with Gasteiger partial charge in [-0.15, -0.1) is 0 Å². The van der Waals surface area contributed by atoms with Crippen LogP contribution in [0.15, 0.2) is 23.5 Å². The summed E-state index contributed by atoms with van der Waals surface area (Å²) >= 11 is 0. The van der Waals surface area contributed by atoms with Gasteiger partial charge in [-0.3, -0.25) is 19.6 Å². The summed E-state index contributed by atoms with van der Waals surface area (Å²) in [6.45, 7) is 0. The van der Waals surface area contributed by atoms with Crippen LogP contribution in [-0.4, -0.2) is 33.4 Å². The van der Waals surface area contributed by atoms with Gasteiger partial charge in [0.25, 0.3) is 0 Å². The first kappa shape index (κ1) is 12.8. The zero-order valence-electron chi connectivity index (χ0n) is 9.04. The molecule has 0 aliphatic carbocycles. The number of aromatic nitrogens is 1. The van der Waals surface area contributed by atoms with E-state index in [1.807, 2.05) is 12.3 Å². The Morgan fingerprint density at radius 2 is 1.88 bits per heavy atom. The minimum atomic E-state index is -1.08. The molecule has 6 nitrogen and oxygen atoms in total. The number of hydrogen-bond donors (Lipinski definition) is 2. The van der Waals surface area contributed by atoms with Crippen molar-refractivity contribution in [2.24, 2.45) is 4.99 Å². The van der Waals surface area contributed by atoms with Crippen molar-refractivity contribution in [3.8, 4) is 0 Å². The van der Waals surface area contributed by atoms with Crippen LogP contribution < -0.4 is 0 Å². The highest BCUT2D eigenvalue weighted by molar-refractivity contribution is 5.75. The molecule has 1 aliphatic rings. The molecular weight excluding hydrogens is 224 g/mol. The number of nitrogens with zero attached hydrogens (tertiary/aromatic N) is 2. The van der Waals surface area contributed by atoms with E-state index in [4.69, 9.17) is 10.2 Å². The predicted octanol–water partition coefficient (Wildman–Crippen LogP) is 1.28. The van der Waals surface area contributed by atoms with Crippen LogP contribution in [0.4, 0.5) is 5.69 Å². The van der Waals surface area contributed by atoms with Crippen molar-refractivity contribution in [1.82, 2.24) is 4.98 Å². The zero-order chi connectivity index (χ0) is 12.7. The molecule has 90 valence electrons. The number of fused-ring (bicyclic) bond motifs is 1. The van der Waals surface area contributed by atoms with E-state index < -0.39 is 11.9 Å². The second kappa shape index (κ2) is 6.37. The summed E-state index contributed by atoms with van der Waals surface area (Å²) in [7, 11) is 0. The lowest BCUT2D eigenvalue weighted by Gasteiger charge is -1.90. The Kier molecular flexibility index (Phi) is 4.80. The SMILES string of the molecule is C1=Nc2cnccc2C1.O=C(O)CCC(=O)O. The van der Waals surface area contributed by atoms with Crippen LogP contribution in [0.3, 0.4) is 0 Å². The highest BCUT2D eigenvalue weighted by atomic mass is 16.4. The number of pyridine rings is 1. The van der Waals surface area contributed by atoms with Crippen LogP contribution in [0, 0.1) is 0 Å². The maximum atomic E-state index is 9.64. The summed E-state index contributed by atoms with van der Waals surface area (Å²) in [6.07, 6.45) is 5.88. The predicted molar refractivity (Wildman–Crippen MR) is 60.6 cm³/mol. The quantitative estimate of drug-likeness (QED) is 0.823. The lowest BCUT2D eigenvalue weighted by Crippen LogP contribution is -2.00. The molecule has 0 atom stereocenters. The van der Waals surface area contributed by atoms with Gasteiger partial charge in [0.1, 0.15) is 0 Å². The third-order valence-electron chi connectivity index (χ3n) is 1.98. The normalized spacial score (nSPS) is 11.3. The van der Waals surface area contributed by atoms with Crippen molar-refractivity contribution >= 4 is 23.8 Å². The lowest BCUT2D eigenvalue weighted by atomic mass is 10.2. The first-order chi connectivity index (χ1) is 8.09. The first-order valence-electron chi connectivity index (χ1n) is 4.98. The maximum Gasteiger partial charge on any atom is 0.303 e. The highest BCUT2D eigenvalue weighted by Crippen LogP contribution is 2.20.